The van der Waals surface area contributed by atoms with E-state index in [2.05, 4.69) is 9.71 Å². The average Bonchev–Trinajstić information content (AvgIpc) is 2.75. The molecular formula is C22H24N2O4S2. The Hall–Kier alpha value is -2.71. The van der Waals surface area contributed by atoms with Gasteiger partial charge in [-0.25, -0.2) is 8.42 Å². The molecule has 6 nitrogen and oxygen atoms in total. The van der Waals surface area contributed by atoms with Crippen molar-refractivity contribution in [2.75, 3.05) is 17.9 Å². The van der Waals surface area contributed by atoms with Crippen LogP contribution in [0.1, 0.15) is 19.4 Å². The van der Waals surface area contributed by atoms with Gasteiger partial charge in [0.1, 0.15) is 0 Å². The monoisotopic (exact) mass is 444 g/mol. The second kappa shape index (κ2) is 10.4. The van der Waals surface area contributed by atoms with Crippen molar-refractivity contribution in [3.05, 3.63) is 72.6 Å². The number of benzene rings is 2. The number of nitrogens with one attached hydrogen (secondary N) is 1. The van der Waals surface area contributed by atoms with Gasteiger partial charge in [-0.1, -0.05) is 6.07 Å². The molecule has 1 aromatic heterocycles. The summed E-state index contributed by atoms with van der Waals surface area (Å²) in [6.45, 7) is 4.58. The first-order valence-electron chi connectivity index (χ1n) is 9.56. The summed E-state index contributed by atoms with van der Waals surface area (Å²) in [6.07, 6.45) is 3.58. The van der Waals surface area contributed by atoms with Crippen molar-refractivity contribution in [3.63, 3.8) is 0 Å². The van der Waals surface area contributed by atoms with Gasteiger partial charge in [0.05, 0.1) is 18.1 Å². The molecule has 0 saturated carbocycles. The van der Waals surface area contributed by atoms with Gasteiger partial charge >= 0.3 is 0 Å². The Labute approximate surface area is 181 Å². The molecule has 0 fully saturated rings. The zero-order chi connectivity index (χ0) is 21.4. The Kier molecular flexibility index (Phi) is 7.59. The molecule has 1 heterocycles. The fourth-order valence-corrected chi connectivity index (χ4v) is 4.59. The highest BCUT2D eigenvalue weighted by Crippen LogP contribution is 2.31. The van der Waals surface area contributed by atoms with Gasteiger partial charge in [-0.3, -0.25) is 9.71 Å². The van der Waals surface area contributed by atoms with E-state index in [1.165, 1.54) is 12.1 Å². The van der Waals surface area contributed by atoms with Crippen LogP contribution in [0.2, 0.25) is 0 Å². The predicted octanol–water partition coefficient (Wildman–Crippen LogP) is 4.97. The molecule has 3 aromatic rings. The van der Waals surface area contributed by atoms with Gasteiger partial charge in [-0.15, -0.1) is 11.8 Å². The normalized spacial score (nSPS) is 11.1. The summed E-state index contributed by atoms with van der Waals surface area (Å²) in [5, 5.41) is 0. The lowest BCUT2D eigenvalue weighted by molar-refractivity contribution is 0.287. The first kappa shape index (κ1) is 22.0. The van der Waals surface area contributed by atoms with Crippen molar-refractivity contribution in [1.82, 2.24) is 4.98 Å². The maximum Gasteiger partial charge on any atom is 0.262 e. The van der Waals surface area contributed by atoms with Crippen LogP contribution in [0.25, 0.3) is 0 Å². The smallest absolute Gasteiger partial charge is 0.262 e. The molecule has 8 heteroatoms. The van der Waals surface area contributed by atoms with Gasteiger partial charge in [0.2, 0.25) is 0 Å². The van der Waals surface area contributed by atoms with E-state index in [0.29, 0.717) is 30.4 Å². The summed E-state index contributed by atoms with van der Waals surface area (Å²) in [5.74, 6) is 1.73. The molecule has 158 valence electrons. The van der Waals surface area contributed by atoms with Crippen LogP contribution in [0.15, 0.2) is 76.8 Å². The van der Waals surface area contributed by atoms with Gasteiger partial charge in [0.15, 0.2) is 11.5 Å². The molecule has 0 bridgehead atoms. The fraction of sp³-hybridized carbons (Fsp3) is 0.227. The summed E-state index contributed by atoms with van der Waals surface area (Å²) >= 11 is 1.66. The van der Waals surface area contributed by atoms with E-state index in [9.17, 15) is 8.42 Å². The summed E-state index contributed by atoms with van der Waals surface area (Å²) in [4.78, 5) is 5.27. The lowest BCUT2D eigenvalue weighted by Gasteiger charge is -2.13. The second-order valence-electron chi connectivity index (χ2n) is 6.25. The maximum absolute atomic E-state index is 12.8. The summed E-state index contributed by atoms with van der Waals surface area (Å²) in [6, 6.07) is 15.8. The number of thioether (sulfide) groups is 1. The van der Waals surface area contributed by atoms with Crippen molar-refractivity contribution >= 4 is 27.5 Å². The number of ether oxygens (including phenoxy) is 2. The molecule has 0 unspecified atom stereocenters. The number of sulfonamides is 1. The first-order valence-corrected chi connectivity index (χ1v) is 12.0. The Morgan fingerprint density at radius 1 is 0.967 bits per heavy atom. The van der Waals surface area contributed by atoms with Gasteiger partial charge in [0, 0.05) is 34.8 Å². The van der Waals surface area contributed by atoms with E-state index in [0.717, 1.165) is 16.2 Å². The maximum atomic E-state index is 12.8. The number of aromatic nitrogens is 1. The molecule has 0 radical (unpaired) electrons. The first-order chi connectivity index (χ1) is 14.5. The highest BCUT2D eigenvalue weighted by atomic mass is 32.2. The molecule has 2 aromatic carbocycles. The van der Waals surface area contributed by atoms with Gasteiger partial charge in [0.25, 0.3) is 10.0 Å². The van der Waals surface area contributed by atoms with Crippen molar-refractivity contribution in [2.45, 2.75) is 29.4 Å². The van der Waals surface area contributed by atoms with Crippen molar-refractivity contribution in [2.24, 2.45) is 0 Å². The highest BCUT2D eigenvalue weighted by Gasteiger charge is 2.17. The Balaban J connectivity index is 1.69. The number of rotatable bonds is 10. The zero-order valence-corrected chi connectivity index (χ0v) is 18.5. The minimum atomic E-state index is -3.75. The van der Waals surface area contributed by atoms with Crippen molar-refractivity contribution in [3.8, 4) is 11.5 Å². The molecule has 0 saturated heterocycles. The fourth-order valence-electron chi connectivity index (χ4n) is 2.68. The van der Waals surface area contributed by atoms with Crippen molar-refractivity contribution < 1.29 is 17.9 Å². The van der Waals surface area contributed by atoms with Gasteiger partial charge in [-0.05, 0) is 61.9 Å². The number of hydrogen-bond donors (Lipinski definition) is 1. The predicted molar refractivity (Wildman–Crippen MR) is 120 cm³/mol. The summed E-state index contributed by atoms with van der Waals surface area (Å²) < 4.78 is 39.2. The molecule has 0 aliphatic rings. The third-order valence-electron chi connectivity index (χ3n) is 4.06. The average molecular weight is 445 g/mol. The molecular weight excluding hydrogens is 420 g/mol. The third kappa shape index (κ3) is 5.90. The molecule has 3 rings (SSSR count). The quantitative estimate of drug-likeness (QED) is 0.445. The standard InChI is InChI=1S/C22H24N2O4S2/c1-3-27-21-12-11-20(14-22(21)28-4-2)30(25,26)24-18-7-9-19(10-8-18)29-16-17-6-5-13-23-15-17/h5-15,24H,3-4,16H2,1-2H3. The van der Waals surface area contributed by atoms with Gasteiger partial charge < -0.3 is 9.47 Å². The van der Waals surface area contributed by atoms with E-state index in [1.807, 2.05) is 44.3 Å². The minimum Gasteiger partial charge on any atom is -0.490 e. The van der Waals surface area contributed by atoms with Crippen LogP contribution in [0.3, 0.4) is 0 Å². The van der Waals surface area contributed by atoms with Crippen molar-refractivity contribution in [1.29, 1.82) is 0 Å². The molecule has 0 spiro atoms. The molecule has 1 N–H and O–H groups in total. The number of anilines is 1. The molecule has 0 atom stereocenters. The van der Waals surface area contributed by atoms with E-state index in [-0.39, 0.29) is 4.90 Å². The van der Waals surface area contributed by atoms with Crippen LogP contribution in [0.4, 0.5) is 5.69 Å². The van der Waals surface area contributed by atoms with Crippen LogP contribution < -0.4 is 14.2 Å². The van der Waals surface area contributed by atoms with E-state index < -0.39 is 10.0 Å². The summed E-state index contributed by atoms with van der Waals surface area (Å²) in [7, 11) is -3.75. The Morgan fingerprint density at radius 3 is 2.37 bits per heavy atom. The Bertz CT molecular complexity index is 1060. The molecule has 0 amide bonds. The van der Waals surface area contributed by atoms with Crippen LogP contribution in [0, 0.1) is 0 Å². The summed E-state index contributed by atoms with van der Waals surface area (Å²) in [5.41, 5.74) is 1.63. The van der Waals surface area contributed by atoms with Crippen LogP contribution in [0.5, 0.6) is 11.5 Å². The van der Waals surface area contributed by atoms with Crippen LogP contribution in [-0.2, 0) is 15.8 Å². The lowest BCUT2D eigenvalue weighted by Crippen LogP contribution is -2.13. The minimum absolute atomic E-state index is 0.115. The van der Waals surface area contributed by atoms with Crippen LogP contribution in [-0.4, -0.2) is 26.6 Å². The SMILES string of the molecule is CCOc1ccc(S(=O)(=O)Nc2ccc(SCc3cccnc3)cc2)cc1OCC. The lowest BCUT2D eigenvalue weighted by atomic mass is 10.3. The van der Waals surface area contributed by atoms with Gasteiger partial charge in [-0.2, -0.15) is 0 Å². The van der Waals surface area contributed by atoms with E-state index >= 15 is 0 Å². The van der Waals surface area contributed by atoms with E-state index in [1.54, 1.807) is 36.2 Å². The van der Waals surface area contributed by atoms with E-state index in [4.69, 9.17) is 9.47 Å². The number of hydrogen-bond acceptors (Lipinski definition) is 6. The Morgan fingerprint density at radius 2 is 1.70 bits per heavy atom. The highest BCUT2D eigenvalue weighted by molar-refractivity contribution is 7.98. The number of nitrogens with zero attached hydrogens (tertiary/aromatic N) is 1. The topological polar surface area (TPSA) is 77.5 Å². The number of pyridine rings is 1. The zero-order valence-electron chi connectivity index (χ0n) is 16.9. The third-order valence-corrected chi connectivity index (χ3v) is 6.52. The molecule has 30 heavy (non-hydrogen) atoms. The molecule has 0 aliphatic carbocycles. The second-order valence-corrected chi connectivity index (χ2v) is 8.99. The van der Waals surface area contributed by atoms with Crippen LogP contribution >= 0.6 is 11.8 Å². The largest absolute Gasteiger partial charge is 0.490 e. The molecule has 0 aliphatic heterocycles.